The van der Waals surface area contributed by atoms with Gasteiger partial charge in [-0.25, -0.2) is 0 Å². The molecule has 2 aliphatic carbocycles. The van der Waals surface area contributed by atoms with E-state index < -0.39 is 5.41 Å². The van der Waals surface area contributed by atoms with Crippen molar-refractivity contribution in [3.63, 3.8) is 0 Å². The maximum Gasteiger partial charge on any atom is 0.0737 e. The SMILES string of the molecule is Cc1ccc(N(c2ccccc2)c2ccc3c4c(cc(C(C)C)c3c2)-c2cc(C(C)C)c3cc(N(c5ccccc5)c5ccc(C)c(C)c5)ccc3c2C42c3ccccc3-c3ccccc32)cc1C. The third-order valence-electron chi connectivity index (χ3n) is 15.6. The highest BCUT2D eigenvalue weighted by molar-refractivity contribution is 6.11. The van der Waals surface area contributed by atoms with Crippen LogP contribution in [0.1, 0.15) is 95.2 Å². The standard InChI is InChI=1S/C67H58N2/c1-41(2)57-39-61-62-40-58(42(3)4)60-38-52(69(48-21-13-10-14-22-48)50-30-28-44(6)46(8)36-50)32-34-56(60)66(62)67(63-25-17-15-23-53(63)54-24-16-18-26-64(54)67)65(61)55-33-31-51(37-59(55)57)68(47-19-11-9-12-20-47)49-29-27-43(5)45(7)35-49/h9-42H,1-8H3. The summed E-state index contributed by atoms with van der Waals surface area (Å²) >= 11 is 0. The van der Waals surface area contributed by atoms with Crippen LogP contribution >= 0.6 is 0 Å². The molecule has 2 aliphatic rings. The first-order valence-corrected chi connectivity index (χ1v) is 24.8. The molecule has 10 aromatic carbocycles. The third kappa shape index (κ3) is 6.45. The van der Waals surface area contributed by atoms with Gasteiger partial charge in [0.2, 0.25) is 0 Å². The average molecular weight is 891 g/mol. The molecule has 1 spiro atoms. The zero-order valence-corrected chi connectivity index (χ0v) is 41.0. The van der Waals surface area contributed by atoms with E-state index in [1.807, 2.05) is 0 Å². The maximum atomic E-state index is 2.59. The number of hydrogen-bond acceptors (Lipinski definition) is 2. The van der Waals surface area contributed by atoms with Crippen molar-refractivity contribution in [1.82, 2.24) is 0 Å². The van der Waals surface area contributed by atoms with Gasteiger partial charge < -0.3 is 9.80 Å². The lowest BCUT2D eigenvalue weighted by molar-refractivity contribution is 0.806. The zero-order valence-electron chi connectivity index (χ0n) is 41.0. The average Bonchev–Trinajstić information content (AvgIpc) is 3.83. The molecule has 10 aromatic rings. The fourth-order valence-corrected chi connectivity index (χ4v) is 12.0. The molecule has 0 aliphatic heterocycles. The molecule has 0 saturated carbocycles. The van der Waals surface area contributed by atoms with Gasteiger partial charge in [0.1, 0.15) is 0 Å². The van der Waals surface area contributed by atoms with E-state index in [0.29, 0.717) is 0 Å². The quantitative estimate of drug-likeness (QED) is 0.150. The topological polar surface area (TPSA) is 6.48 Å². The lowest BCUT2D eigenvalue weighted by Crippen LogP contribution is -2.27. The molecule has 2 nitrogen and oxygen atoms in total. The van der Waals surface area contributed by atoms with Crippen LogP contribution in [0.3, 0.4) is 0 Å². The molecule has 0 fully saturated rings. The van der Waals surface area contributed by atoms with Crippen LogP contribution in [0.2, 0.25) is 0 Å². The molecule has 0 bridgehead atoms. The third-order valence-corrected chi connectivity index (χ3v) is 15.6. The summed E-state index contributed by atoms with van der Waals surface area (Å²) in [5, 5.41) is 5.25. The first-order valence-electron chi connectivity index (χ1n) is 24.8. The highest BCUT2D eigenvalue weighted by Gasteiger charge is 2.53. The van der Waals surface area contributed by atoms with Crippen molar-refractivity contribution < 1.29 is 0 Å². The molecule has 0 atom stereocenters. The van der Waals surface area contributed by atoms with Crippen LogP contribution in [0.5, 0.6) is 0 Å². The first-order chi connectivity index (χ1) is 33.5. The highest BCUT2D eigenvalue weighted by Crippen LogP contribution is 2.66. The molecule has 336 valence electrons. The first kappa shape index (κ1) is 42.7. The summed E-state index contributed by atoms with van der Waals surface area (Å²) < 4.78 is 0. The zero-order chi connectivity index (χ0) is 47.3. The van der Waals surface area contributed by atoms with Gasteiger partial charge in [0.25, 0.3) is 0 Å². The number of anilines is 6. The number of fused-ring (bicyclic) bond motifs is 14. The van der Waals surface area contributed by atoms with Crippen molar-refractivity contribution >= 4 is 55.7 Å². The Bertz CT molecular complexity index is 3430. The van der Waals surface area contributed by atoms with Gasteiger partial charge in [0, 0.05) is 34.1 Å². The Kier molecular flexibility index (Phi) is 10.0. The van der Waals surface area contributed by atoms with Gasteiger partial charge in [0.05, 0.1) is 5.41 Å². The molecule has 0 aromatic heterocycles. The summed E-state index contributed by atoms with van der Waals surface area (Å²) in [5.41, 5.74) is 25.1. The minimum absolute atomic E-state index is 0.282. The van der Waals surface area contributed by atoms with Gasteiger partial charge in [-0.1, -0.05) is 137 Å². The molecular formula is C67H58N2. The number of hydrogen-bond donors (Lipinski definition) is 0. The Morgan fingerprint density at radius 1 is 0.304 bits per heavy atom. The number of rotatable bonds is 8. The highest BCUT2D eigenvalue weighted by atomic mass is 15.1. The minimum Gasteiger partial charge on any atom is -0.310 e. The Balaban J connectivity index is 1.18. The van der Waals surface area contributed by atoms with E-state index in [9.17, 15) is 0 Å². The van der Waals surface area contributed by atoms with Crippen LogP contribution < -0.4 is 9.80 Å². The predicted octanol–water partition coefficient (Wildman–Crippen LogP) is 18.8. The maximum absolute atomic E-state index is 2.59. The number of nitrogens with zero attached hydrogens (tertiary/aromatic N) is 2. The van der Waals surface area contributed by atoms with Gasteiger partial charge in [-0.2, -0.15) is 0 Å². The van der Waals surface area contributed by atoms with Crippen LogP contribution in [0.25, 0.3) is 43.8 Å². The molecule has 0 heterocycles. The largest absolute Gasteiger partial charge is 0.310 e. The molecule has 0 saturated heterocycles. The molecule has 12 rings (SSSR count). The van der Waals surface area contributed by atoms with E-state index >= 15 is 0 Å². The normalized spacial score (nSPS) is 13.0. The van der Waals surface area contributed by atoms with Crippen molar-refractivity contribution in [2.75, 3.05) is 9.80 Å². The Morgan fingerprint density at radius 2 is 0.667 bits per heavy atom. The monoisotopic (exact) mass is 890 g/mol. The fourth-order valence-electron chi connectivity index (χ4n) is 12.0. The summed E-state index contributed by atoms with van der Waals surface area (Å²) in [4.78, 5) is 4.87. The summed E-state index contributed by atoms with van der Waals surface area (Å²) in [6.45, 7) is 18.3. The Labute approximate surface area is 408 Å². The van der Waals surface area contributed by atoms with E-state index in [1.165, 1.54) is 99.4 Å². The van der Waals surface area contributed by atoms with Gasteiger partial charge in [-0.3, -0.25) is 0 Å². The second-order valence-electron chi connectivity index (χ2n) is 20.3. The molecule has 69 heavy (non-hydrogen) atoms. The number of benzene rings is 10. The molecular weight excluding hydrogens is 833 g/mol. The summed E-state index contributed by atoms with van der Waals surface area (Å²) in [7, 11) is 0. The molecule has 0 radical (unpaired) electrons. The van der Waals surface area contributed by atoms with E-state index in [-0.39, 0.29) is 11.8 Å². The molecule has 0 unspecified atom stereocenters. The van der Waals surface area contributed by atoms with Crippen molar-refractivity contribution in [2.24, 2.45) is 0 Å². The fraction of sp³-hybridized carbons (Fsp3) is 0.164. The van der Waals surface area contributed by atoms with Crippen LogP contribution in [-0.4, -0.2) is 0 Å². The van der Waals surface area contributed by atoms with Gasteiger partial charge in [-0.15, -0.1) is 0 Å². The molecule has 0 N–H and O–H groups in total. The lowest BCUT2D eigenvalue weighted by Gasteiger charge is -2.34. The van der Waals surface area contributed by atoms with Crippen molar-refractivity contribution in [3.8, 4) is 22.3 Å². The number of para-hydroxylation sites is 2. The van der Waals surface area contributed by atoms with Crippen molar-refractivity contribution in [2.45, 2.75) is 72.6 Å². The van der Waals surface area contributed by atoms with Crippen molar-refractivity contribution in [3.05, 3.63) is 250 Å². The van der Waals surface area contributed by atoms with Gasteiger partial charge in [0.15, 0.2) is 0 Å². The van der Waals surface area contributed by atoms with Crippen LogP contribution in [0, 0.1) is 27.7 Å². The van der Waals surface area contributed by atoms with Crippen LogP contribution in [0.4, 0.5) is 34.1 Å². The van der Waals surface area contributed by atoms with Crippen molar-refractivity contribution in [1.29, 1.82) is 0 Å². The number of aryl methyl sites for hydroxylation is 4. The van der Waals surface area contributed by atoms with E-state index in [1.54, 1.807) is 0 Å². The minimum atomic E-state index is -0.567. The van der Waals surface area contributed by atoms with Crippen LogP contribution in [0.15, 0.2) is 194 Å². The van der Waals surface area contributed by atoms with Gasteiger partial charge >= 0.3 is 0 Å². The molecule has 0 amide bonds. The summed E-state index contributed by atoms with van der Waals surface area (Å²) in [6.07, 6.45) is 0. The predicted molar refractivity (Wildman–Crippen MR) is 294 cm³/mol. The summed E-state index contributed by atoms with van der Waals surface area (Å²) in [5.74, 6) is 0.565. The molecule has 2 heteroatoms. The lowest BCUT2D eigenvalue weighted by atomic mass is 9.67. The second kappa shape index (κ2) is 16.2. The van der Waals surface area contributed by atoms with E-state index in [4.69, 9.17) is 0 Å². The Hall–Kier alpha value is -7.68. The van der Waals surface area contributed by atoms with E-state index in [0.717, 1.165) is 34.1 Å². The van der Waals surface area contributed by atoms with Crippen LogP contribution in [-0.2, 0) is 5.41 Å². The smallest absolute Gasteiger partial charge is 0.0737 e. The van der Waals surface area contributed by atoms with E-state index in [2.05, 4.69) is 259 Å². The Morgan fingerprint density at radius 3 is 1.06 bits per heavy atom. The summed E-state index contributed by atoms with van der Waals surface area (Å²) in [6, 6.07) is 73.8. The van der Waals surface area contributed by atoms with Gasteiger partial charge in [-0.05, 0) is 224 Å². The second-order valence-corrected chi connectivity index (χ2v) is 20.3.